The number of non-ortho nitro benzene ring substituents is 1. The average molecular weight is 431 g/mol. The molecule has 0 bridgehead atoms. The highest BCUT2D eigenvalue weighted by Gasteiger charge is 2.52. The number of β-amino-alcohol motifs (C(OH)–C–C–N with tert-alkyl or cyclic N) is 1. The van der Waals surface area contributed by atoms with Crippen LogP contribution in [0.3, 0.4) is 0 Å². The van der Waals surface area contributed by atoms with Gasteiger partial charge in [-0.3, -0.25) is 10.1 Å². The van der Waals surface area contributed by atoms with Gasteiger partial charge >= 0.3 is 0 Å². The summed E-state index contributed by atoms with van der Waals surface area (Å²) in [6.07, 6.45) is 4.15. The van der Waals surface area contributed by atoms with Gasteiger partial charge in [0.05, 0.1) is 11.5 Å². The minimum Gasteiger partial charge on any atom is -0.346 e. The minimum atomic E-state index is -1.19. The molecule has 4 rings (SSSR count). The number of halogens is 1. The molecule has 6 nitrogen and oxygen atoms in total. The van der Waals surface area contributed by atoms with E-state index >= 15 is 0 Å². The maximum absolute atomic E-state index is 11.7. The van der Waals surface area contributed by atoms with Crippen molar-refractivity contribution in [2.45, 2.75) is 31.4 Å². The second-order valence-electron chi connectivity index (χ2n) is 7.06. The Morgan fingerprint density at radius 3 is 2.44 bits per heavy atom. The van der Waals surface area contributed by atoms with Gasteiger partial charge in [-0.15, -0.1) is 0 Å². The van der Waals surface area contributed by atoms with Gasteiger partial charge in [-0.1, -0.05) is 15.9 Å². The summed E-state index contributed by atoms with van der Waals surface area (Å²) in [5, 5.41) is 22.7. The normalized spacial score (nSPS) is 22.5. The number of nitrogens with zero attached hydrogens (tertiary/aromatic N) is 3. The summed E-state index contributed by atoms with van der Waals surface area (Å²) in [5.74, 6) is 1.12. The van der Waals surface area contributed by atoms with Crippen molar-refractivity contribution in [3.05, 3.63) is 68.7 Å². The van der Waals surface area contributed by atoms with E-state index in [9.17, 15) is 15.2 Å². The minimum absolute atomic E-state index is 0.0326. The lowest BCUT2D eigenvalue weighted by Crippen LogP contribution is -2.41. The molecule has 2 aromatic rings. The highest BCUT2D eigenvalue weighted by Crippen LogP contribution is 2.36. The Morgan fingerprint density at radius 1 is 1.07 bits per heavy atom. The van der Waals surface area contributed by atoms with Gasteiger partial charge in [-0.05, 0) is 55.7 Å². The number of rotatable bonds is 3. The molecule has 0 aromatic heterocycles. The van der Waals surface area contributed by atoms with E-state index in [0.29, 0.717) is 12.1 Å². The van der Waals surface area contributed by atoms with Crippen LogP contribution in [0.4, 0.5) is 11.4 Å². The first-order valence-corrected chi connectivity index (χ1v) is 9.92. The van der Waals surface area contributed by atoms with E-state index < -0.39 is 10.6 Å². The third-order valence-electron chi connectivity index (χ3n) is 5.41. The highest BCUT2D eigenvalue weighted by molar-refractivity contribution is 9.10. The summed E-state index contributed by atoms with van der Waals surface area (Å²) < 4.78 is 3.10. The van der Waals surface area contributed by atoms with Crippen molar-refractivity contribution in [1.82, 2.24) is 0 Å². The summed E-state index contributed by atoms with van der Waals surface area (Å²) in [6, 6.07) is 14.4. The van der Waals surface area contributed by atoms with E-state index in [1.807, 2.05) is 24.3 Å². The summed E-state index contributed by atoms with van der Waals surface area (Å²) in [4.78, 5) is 12.7. The van der Waals surface area contributed by atoms with Crippen LogP contribution in [0.5, 0.6) is 0 Å². The van der Waals surface area contributed by atoms with Gasteiger partial charge in [0.1, 0.15) is 5.69 Å². The van der Waals surface area contributed by atoms with E-state index in [1.165, 1.54) is 12.1 Å². The highest BCUT2D eigenvalue weighted by atomic mass is 79.9. The molecule has 0 aliphatic carbocycles. The fourth-order valence-corrected chi connectivity index (χ4v) is 4.29. The third-order valence-corrected chi connectivity index (χ3v) is 5.94. The maximum atomic E-state index is 11.7. The first-order chi connectivity index (χ1) is 13.0. The predicted molar refractivity (Wildman–Crippen MR) is 107 cm³/mol. The molecule has 1 N–H and O–H groups in total. The monoisotopic (exact) mass is 430 g/mol. The van der Waals surface area contributed by atoms with Crippen molar-refractivity contribution >= 4 is 33.1 Å². The number of anilines is 1. The first-order valence-electron chi connectivity index (χ1n) is 9.13. The lowest BCUT2D eigenvalue weighted by atomic mass is 10.0. The molecule has 140 valence electrons. The maximum Gasteiger partial charge on any atom is 0.271 e. The zero-order valence-electron chi connectivity index (χ0n) is 14.8. The van der Waals surface area contributed by atoms with E-state index in [0.717, 1.165) is 48.2 Å². The van der Waals surface area contributed by atoms with E-state index in [-0.39, 0.29) is 5.69 Å². The number of amidine groups is 1. The molecule has 2 aliphatic heterocycles. The number of nitro groups is 1. The number of hydrogen-bond acceptors (Lipinski definition) is 4. The Balaban J connectivity index is 1.77. The Morgan fingerprint density at radius 2 is 1.78 bits per heavy atom. The molecular weight excluding hydrogens is 410 g/mol. The van der Waals surface area contributed by atoms with Gasteiger partial charge in [0.25, 0.3) is 17.2 Å². The zero-order chi connectivity index (χ0) is 19.0. The van der Waals surface area contributed by atoms with Gasteiger partial charge in [0.2, 0.25) is 0 Å². The number of aliphatic hydroxyl groups is 1. The van der Waals surface area contributed by atoms with Crippen LogP contribution in [-0.4, -0.2) is 33.5 Å². The van der Waals surface area contributed by atoms with Crippen molar-refractivity contribution < 1.29 is 14.6 Å². The van der Waals surface area contributed by atoms with Crippen molar-refractivity contribution in [2.24, 2.45) is 0 Å². The summed E-state index contributed by atoms with van der Waals surface area (Å²) in [7, 11) is 0. The van der Waals surface area contributed by atoms with Crippen molar-refractivity contribution in [3.8, 4) is 0 Å². The molecule has 0 fully saturated rings. The standard InChI is InChI=1S/C20H21BrN3O3/c21-16-7-11-17(12-8-16)22-14-20(25,23-13-3-1-2-4-19(22)23)15-5-9-18(10-6-15)24(26)27/h5-12,25H,1-4,13-14H2/q+1/t20-/m0/s1. The van der Waals surface area contributed by atoms with Gasteiger partial charge in [0.15, 0.2) is 6.54 Å². The van der Waals surface area contributed by atoms with Gasteiger partial charge < -0.3 is 5.11 Å². The predicted octanol–water partition coefficient (Wildman–Crippen LogP) is 4.01. The van der Waals surface area contributed by atoms with Crippen LogP contribution in [0.1, 0.15) is 31.2 Å². The molecule has 2 aromatic carbocycles. The second-order valence-corrected chi connectivity index (χ2v) is 7.98. The molecular formula is C20H21BrN3O3+. The molecule has 7 heteroatoms. The topological polar surface area (TPSA) is 69.6 Å². The van der Waals surface area contributed by atoms with E-state index in [1.54, 1.807) is 12.1 Å². The first kappa shape index (κ1) is 18.1. The molecule has 0 amide bonds. The SMILES string of the molecule is O=[N+]([O-])c1ccc([C@@]2(O)CN(c3ccc(Br)cc3)C3=[N+]2CCCCC3)cc1. The number of benzene rings is 2. The van der Waals surface area contributed by atoms with Crippen molar-refractivity contribution in [1.29, 1.82) is 0 Å². The lowest BCUT2D eigenvalue weighted by Gasteiger charge is -2.23. The fraction of sp³-hybridized carbons (Fsp3) is 0.350. The van der Waals surface area contributed by atoms with Crippen LogP contribution in [0.25, 0.3) is 0 Å². The van der Waals surface area contributed by atoms with Crippen LogP contribution < -0.4 is 4.90 Å². The van der Waals surface area contributed by atoms with E-state index in [4.69, 9.17) is 0 Å². The Labute approximate surface area is 166 Å². The van der Waals surface area contributed by atoms with Crippen LogP contribution in [-0.2, 0) is 5.72 Å². The summed E-state index contributed by atoms with van der Waals surface area (Å²) in [6.45, 7) is 1.18. The molecule has 0 spiro atoms. The van der Waals surface area contributed by atoms with Gasteiger partial charge in [-0.25, -0.2) is 9.48 Å². The van der Waals surface area contributed by atoms with Crippen molar-refractivity contribution in [2.75, 3.05) is 18.0 Å². The third kappa shape index (κ3) is 3.26. The summed E-state index contributed by atoms with van der Waals surface area (Å²) in [5.41, 5.74) is 0.567. The van der Waals surface area contributed by atoms with Gasteiger partial charge in [-0.2, -0.15) is 0 Å². The number of nitro benzene ring substituents is 1. The van der Waals surface area contributed by atoms with Gasteiger partial charge in [0, 0.05) is 28.6 Å². The Bertz CT molecular complexity index is 896. The van der Waals surface area contributed by atoms with Crippen LogP contribution in [0.15, 0.2) is 53.0 Å². The molecule has 2 heterocycles. The van der Waals surface area contributed by atoms with Crippen LogP contribution in [0, 0.1) is 10.1 Å². The zero-order valence-corrected chi connectivity index (χ0v) is 16.4. The summed E-state index contributed by atoms with van der Waals surface area (Å²) >= 11 is 3.47. The van der Waals surface area contributed by atoms with Crippen molar-refractivity contribution in [3.63, 3.8) is 0 Å². The quantitative estimate of drug-likeness (QED) is 0.453. The number of hydrogen-bond donors (Lipinski definition) is 1. The Hall–Kier alpha value is -2.25. The molecule has 1 atom stereocenters. The molecule has 2 aliphatic rings. The van der Waals surface area contributed by atoms with Crippen LogP contribution in [0.2, 0.25) is 0 Å². The second kappa shape index (κ2) is 7.05. The lowest BCUT2D eigenvalue weighted by molar-refractivity contribution is -0.658. The smallest absolute Gasteiger partial charge is 0.271 e. The fourth-order valence-electron chi connectivity index (χ4n) is 4.03. The molecule has 0 radical (unpaired) electrons. The van der Waals surface area contributed by atoms with E-state index in [2.05, 4.69) is 25.4 Å². The molecule has 27 heavy (non-hydrogen) atoms. The molecule has 0 saturated heterocycles. The molecule has 0 unspecified atom stereocenters. The Kier molecular flexibility index (Phi) is 4.74. The molecule has 0 saturated carbocycles. The van der Waals surface area contributed by atoms with Crippen LogP contribution >= 0.6 is 15.9 Å². The average Bonchev–Trinajstić information content (AvgIpc) is 2.83. The largest absolute Gasteiger partial charge is 0.346 e.